The van der Waals surface area contributed by atoms with Crippen molar-refractivity contribution in [1.82, 2.24) is 5.32 Å². The number of carbonyl (C=O) groups excluding carboxylic acids is 1. The molecule has 1 atom stereocenters. The number of nitrogens with zero attached hydrogens (tertiary/aromatic N) is 1. The molecule has 22 heavy (non-hydrogen) atoms. The van der Waals surface area contributed by atoms with E-state index < -0.39 is 11.9 Å². The lowest BCUT2D eigenvalue weighted by Gasteiger charge is -2.22. The Labute approximate surface area is 130 Å². The molecule has 0 radical (unpaired) electrons. The molecular weight excluding hydrogens is 285 g/mol. The van der Waals surface area contributed by atoms with Crippen LogP contribution in [0.1, 0.15) is 25.8 Å². The van der Waals surface area contributed by atoms with Gasteiger partial charge in [-0.15, -0.1) is 0 Å². The lowest BCUT2D eigenvalue weighted by molar-refractivity contribution is -0.122. The normalized spacial score (nSPS) is 11.8. The summed E-state index contributed by atoms with van der Waals surface area (Å²) in [6.07, 6.45) is 0.570. The van der Waals surface area contributed by atoms with Gasteiger partial charge in [0.2, 0.25) is 5.91 Å². The van der Waals surface area contributed by atoms with Crippen LogP contribution in [0.25, 0.3) is 0 Å². The predicted molar refractivity (Wildman–Crippen MR) is 82.9 cm³/mol. The fourth-order valence-corrected chi connectivity index (χ4v) is 2.05. The molecule has 1 aromatic rings. The van der Waals surface area contributed by atoms with Crippen molar-refractivity contribution < 1.29 is 13.9 Å². The topological polar surface area (TPSA) is 74.2 Å². The predicted octanol–water partition coefficient (Wildman–Crippen LogP) is 2.29. The van der Waals surface area contributed by atoms with Gasteiger partial charge >= 0.3 is 0 Å². The summed E-state index contributed by atoms with van der Waals surface area (Å²) in [5.41, 5.74) is 0.246. The number of halogens is 1. The van der Waals surface area contributed by atoms with Gasteiger partial charge in [0.25, 0.3) is 0 Å². The molecule has 1 amide bonds. The molecule has 0 unspecified atom stereocenters. The van der Waals surface area contributed by atoms with Crippen LogP contribution in [0.3, 0.4) is 0 Å². The molecule has 0 aliphatic carbocycles. The Bertz CT molecular complexity index is 541. The van der Waals surface area contributed by atoms with Crippen LogP contribution in [0.2, 0.25) is 0 Å². The van der Waals surface area contributed by atoms with Gasteiger partial charge in [-0.1, -0.05) is 19.9 Å². The molecule has 0 fully saturated rings. The monoisotopic (exact) mass is 307 g/mol. The van der Waals surface area contributed by atoms with Crippen molar-refractivity contribution in [3.05, 3.63) is 29.6 Å². The summed E-state index contributed by atoms with van der Waals surface area (Å²) in [5, 5.41) is 14.8. The van der Waals surface area contributed by atoms with E-state index in [2.05, 4.69) is 10.6 Å². The van der Waals surface area contributed by atoms with E-state index in [1.165, 1.54) is 12.1 Å². The van der Waals surface area contributed by atoms with Crippen molar-refractivity contribution in [2.75, 3.05) is 25.6 Å². The molecule has 2 N–H and O–H groups in total. The number of methoxy groups -OCH3 is 1. The number of rotatable bonds is 8. The average Bonchev–Trinajstić information content (AvgIpc) is 2.46. The van der Waals surface area contributed by atoms with E-state index in [1.54, 1.807) is 13.2 Å². The van der Waals surface area contributed by atoms with Crippen LogP contribution < -0.4 is 10.6 Å². The minimum atomic E-state index is -0.601. The third kappa shape index (κ3) is 5.34. The third-order valence-electron chi connectivity index (χ3n) is 3.08. The number of ether oxygens (including phenoxy) is 1. The van der Waals surface area contributed by atoms with Gasteiger partial charge in [0, 0.05) is 13.7 Å². The second-order valence-corrected chi connectivity index (χ2v) is 5.38. The molecule has 120 valence electrons. The molecular formula is C16H22FN3O2. The smallest absolute Gasteiger partial charge is 0.242 e. The standard InChI is InChI=1S/C16H22FN3O2/c1-11(2)9-15(16(21)19-7-8-22-3)20-14-6-4-5-13(17)12(14)10-18/h4-6,11,15,20H,7-9H2,1-3H3,(H,19,21)/t15-/m0/s1. The van der Waals surface area contributed by atoms with Gasteiger partial charge in [-0.25, -0.2) is 4.39 Å². The molecule has 0 heterocycles. The number of hydrogen-bond acceptors (Lipinski definition) is 4. The van der Waals surface area contributed by atoms with E-state index in [0.29, 0.717) is 25.3 Å². The molecule has 0 aromatic heterocycles. The Kier molecular flexibility index (Phi) is 7.33. The van der Waals surface area contributed by atoms with E-state index >= 15 is 0 Å². The largest absolute Gasteiger partial charge is 0.383 e. The lowest BCUT2D eigenvalue weighted by Crippen LogP contribution is -2.41. The van der Waals surface area contributed by atoms with Gasteiger partial charge in [-0.05, 0) is 24.5 Å². The summed E-state index contributed by atoms with van der Waals surface area (Å²) >= 11 is 0. The SMILES string of the molecule is COCCNC(=O)[C@H](CC(C)C)Nc1cccc(F)c1C#N. The Morgan fingerprint density at radius 1 is 1.45 bits per heavy atom. The van der Waals surface area contributed by atoms with Crippen LogP contribution in [0, 0.1) is 23.1 Å². The zero-order chi connectivity index (χ0) is 16.5. The highest BCUT2D eigenvalue weighted by molar-refractivity contribution is 5.85. The molecule has 0 saturated heterocycles. The Hall–Kier alpha value is -2.13. The molecule has 5 nitrogen and oxygen atoms in total. The first-order chi connectivity index (χ1) is 10.5. The van der Waals surface area contributed by atoms with Crippen molar-refractivity contribution in [1.29, 1.82) is 5.26 Å². The van der Waals surface area contributed by atoms with E-state index in [9.17, 15) is 9.18 Å². The number of hydrogen-bond donors (Lipinski definition) is 2. The van der Waals surface area contributed by atoms with Crippen LogP contribution in [-0.4, -0.2) is 32.2 Å². The van der Waals surface area contributed by atoms with Crippen molar-refractivity contribution in [3.63, 3.8) is 0 Å². The van der Waals surface area contributed by atoms with Crippen LogP contribution in [-0.2, 0) is 9.53 Å². The Morgan fingerprint density at radius 2 is 2.18 bits per heavy atom. The van der Waals surface area contributed by atoms with Crippen molar-refractivity contribution in [3.8, 4) is 6.07 Å². The summed E-state index contributed by atoms with van der Waals surface area (Å²) in [5.74, 6) is -0.528. The van der Waals surface area contributed by atoms with Crippen molar-refractivity contribution in [2.45, 2.75) is 26.3 Å². The van der Waals surface area contributed by atoms with Crippen molar-refractivity contribution >= 4 is 11.6 Å². The van der Waals surface area contributed by atoms with E-state index in [1.807, 2.05) is 19.9 Å². The van der Waals surface area contributed by atoms with E-state index in [4.69, 9.17) is 10.00 Å². The minimum Gasteiger partial charge on any atom is -0.383 e. The maximum atomic E-state index is 13.6. The van der Waals surface area contributed by atoms with Crippen LogP contribution in [0.5, 0.6) is 0 Å². The number of amides is 1. The zero-order valence-corrected chi connectivity index (χ0v) is 13.1. The number of anilines is 1. The molecule has 0 spiro atoms. The van der Waals surface area contributed by atoms with Gasteiger partial charge in [0.1, 0.15) is 23.5 Å². The first-order valence-corrected chi connectivity index (χ1v) is 7.21. The number of nitriles is 1. The first-order valence-electron chi connectivity index (χ1n) is 7.21. The van der Waals surface area contributed by atoms with Crippen molar-refractivity contribution in [2.24, 2.45) is 5.92 Å². The molecule has 0 saturated carbocycles. The highest BCUT2D eigenvalue weighted by Crippen LogP contribution is 2.20. The first kappa shape index (κ1) is 17.9. The molecule has 1 aromatic carbocycles. The number of benzene rings is 1. The zero-order valence-electron chi connectivity index (χ0n) is 13.1. The number of carbonyl (C=O) groups is 1. The summed E-state index contributed by atoms with van der Waals surface area (Å²) < 4.78 is 18.5. The van der Waals surface area contributed by atoms with Gasteiger partial charge in [-0.3, -0.25) is 4.79 Å². The summed E-state index contributed by atoms with van der Waals surface area (Å²) in [6, 6.07) is 5.61. The minimum absolute atomic E-state index is 0.0825. The maximum absolute atomic E-state index is 13.6. The fraction of sp³-hybridized carbons (Fsp3) is 0.500. The number of nitrogens with one attached hydrogen (secondary N) is 2. The summed E-state index contributed by atoms with van der Waals surface area (Å²) in [7, 11) is 1.56. The third-order valence-corrected chi connectivity index (χ3v) is 3.08. The highest BCUT2D eigenvalue weighted by Gasteiger charge is 2.21. The quantitative estimate of drug-likeness (QED) is 0.723. The lowest BCUT2D eigenvalue weighted by atomic mass is 10.0. The Morgan fingerprint density at radius 3 is 2.77 bits per heavy atom. The van der Waals surface area contributed by atoms with E-state index in [0.717, 1.165) is 0 Å². The van der Waals surface area contributed by atoms with E-state index in [-0.39, 0.29) is 17.4 Å². The van der Waals surface area contributed by atoms with Gasteiger partial charge < -0.3 is 15.4 Å². The van der Waals surface area contributed by atoms with Crippen LogP contribution >= 0.6 is 0 Å². The van der Waals surface area contributed by atoms with Crippen LogP contribution in [0.4, 0.5) is 10.1 Å². The van der Waals surface area contributed by atoms with Crippen LogP contribution in [0.15, 0.2) is 18.2 Å². The fourth-order valence-electron chi connectivity index (χ4n) is 2.05. The Balaban J connectivity index is 2.88. The van der Waals surface area contributed by atoms with Gasteiger partial charge in [0.15, 0.2) is 0 Å². The maximum Gasteiger partial charge on any atom is 0.242 e. The molecule has 0 aliphatic rings. The molecule has 1 rings (SSSR count). The molecule has 0 bridgehead atoms. The summed E-state index contributed by atoms with van der Waals surface area (Å²) in [4.78, 5) is 12.2. The molecule has 6 heteroatoms. The second-order valence-electron chi connectivity index (χ2n) is 5.38. The summed E-state index contributed by atoms with van der Waals surface area (Å²) in [6.45, 7) is 4.81. The second kappa shape index (κ2) is 9.00. The average molecular weight is 307 g/mol. The molecule has 0 aliphatic heterocycles. The van der Waals surface area contributed by atoms with Gasteiger partial charge in [-0.2, -0.15) is 5.26 Å². The highest BCUT2D eigenvalue weighted by atomic mass is 19.1. The van der Waals surface area contributed by atoms with Gasteiger partial charge in [0.05, 0.1) is 12.3 Å².